The molecule has 0 bridgehead atoms. The lowest BCUT2D eigenvalue weighted by molar-refractivity contribution is 0.625. The molecule has 4 heteroatoms. The Kier molecular flexibility index (Phi) is 2.10. The van der Waals surface area contributed by atoms with Gasteiger partial charge in [-0.05, 0) is 18.2 Å². The molecule has 2 nitrogen and oxygen atoms in total. The maximum absolute atomic E-state index is 12.8. The summed E-state index contributed by atoms with van der Waals surface area (Å²) in [5, 5.41) is 7.24. The van der Waals surface area contributed by atoms with Crippen molar-refractivity contribution in [1.29, 1.82) is 5.41 Å². The number of nitrogens with one attached hydrogen (secondary N) is 1. The second-order valence-electron chi connectivity index (χ2n) is 2.04. The summed E-state index contributed by atoms with van der Waals surface area (Å²) < 4.78 is 12.8. The lowest BCUT2D eigenvalue weighted by Crippen LogP contribution is -2.12. The van der Waals surface area contributed by atoms with Crippen molar-refractivity contribution in [2.45, 2.75) is 0 Å². The third kappa shape index (κ3) is 1.68. The van der Waals surface area contributed by atoms with Crippen LogP contribution in [0.3, 0.4) is 0 Å². The van der Waals surface area contributed by atoms with Crippen LogP contribution in [0.4, 0.5) is 4.39 Å². The highest BCUT2D eigenvalue weighted by molar-refractivity contribution is 6.30. The highest BCUT2D eigenvalue weighted by atomic mass is 35.5. The Morgan fingerprint density at radius 3 is 2.64 bits per heavy atom. The number of benzene rings is 1. The third-order valence-electron chi connectivity index (χ3n) is 1.22. The summed E-state index contributed by atoms with van der Waals surface area (Å²) in [7, 11) is 0. The second kappa shape index (κ2) is 2.88. The molecule has 3 N–H and O–H groups in total. The van der Waals surface area contributed by atoms with Crippen molar-refractivity contribution in [3.8, 4) is 0 Å². The van der Waals surface area contributed by atoms with Gasteiger partial charge in [0, 0.05) is 5.02 Å². The molecule has 58 valence electrons. The van der Waals surface area contributed by atoms with Crippen LogP contribution >= 0.6 is 11.6 Å². The molecule has 0 saturated heterocycles. The fourth-order valence-corrected chi connectivity index (χ4v) is 0.867. The monoisotopic (exact) mass is 172 g/mol. The van der Waals surface area contributed by atoms with E-state index in [0.717, 1.165) is 6.07 Å². The van der Waals surface area contributed by atoms with Gasteiger partial charge in [-0.3, -0.25) is 5.41 Å². The van der Waals surface area contributed by atoms with E-state index in [9.17, 15) is 4.39 Å². The number of hydrogen-bond donors (Lipinski definition) is 2. The van der Waals surface area contributed by atoms with Crippen molar-refractivity contribution < 1.29 is 4.39 Å². The summed E-state index contributed by atoms with van der Waals surface area (Å²) in [4.78, 5) is 0. The van der Waals surface area contributed by atoms with Gasteiger partial charge in [-0.1, -0.05) is 11.6 Å². The minimum atomic E-state index is -0.565. The first-order valence-corrected chi connectivity index (χ1v) is 3.28. The zero-order valence-corrected chi connectivity index (χ0v) is 6.32. The first-order chi connectivity index (χ1) is 5.11. The molecular weight excluding hydrogens is 167 g/mol. The van der Waals surface area contributed by atoms with E-state index in [1.807, 2.05) is 0 Å². The molecule has 0 aliphatic rings. The Morgan fingerprint density at radius 2 is 2.18 bits per heavy atom. The average molecular weight is 173 g/mol. The van der Waals surface area contributed by atoms with E-state index in [-0.39, 0.29) is 11.4 Å². The van der Waals surface area contributed by atoms with Gasteiger partial charge in [0.25, 0.3) is 0 Å². The summed E-state index contributed by atoms with van der Waals surface area (Å²) >= 11 is 5.47. The zero-order valence-electron chi connectivity index (χ0n) is 5.57. The molecule has 0 spiro atoms. The summed E-state index contributed by atoms with van der Waals surface area (Å²) in [6.45, 7) is 0. The minimum Gasteiger partial charge on any atom is -0.384 e. The molecule has 1 aromatic rings. The molecule has 0 unspecified atom stereocenters. The number of nitrogen functional groups attached to an aromatic ring is 1. The Morgan fingerprint density at radius 1 is 1.55 bits per heavy atom. The summed E-state index contributed by atoms with van der Waals surface area (Å²) in [5.41, 5.74) is 5.14. The molecule has 0 aliphatic carbocycles. The van der Waals surface area contributed by atoms with Crippen LogP contribution in [0.25, 0.3) is 0 Å². The zero-order chi connectivity index (χ0) is 8.43. The van der Waals surface area contributed by atoms with Crippen LogP contribution in [-0.4, -0.2) is 5.84 Å². The van der Waals surface area contributed by atoms with Crippen molar-refractivity contribution in [3.63, 3.8) is 0 Å². The predicted molar refractivity (Wildman–Crippen MR) is 42.4 cm³/mol. The number of hydrogen-bond acceptors (Lipinski definition) is 1. The average Bonchev–Trinajstić information content (AvgIpc) is 1.85. The molecule has 0 aliphatic heterocycles. The lowest BCUT2D eigenvalue weighted by Gasteiger charge is -1.99. The Balaban J connectivity index is 3.20. The van der Waals surface area contributed by atoms with Crippen LogP contribution in [-0.2, 0) is 0 Å². The molecule has 0 saturated carbocycles. The van der Waals surface area contributed by atoms with E-state index in [4.69, 9.17) is 22.7 Å². The van der Waals surface area contributed by atoms with E-state index in [0.29, 0.717) is 5.02 Å². The van der Waals surface area contributed by atoms with Gasteiger partial charge in [0.2, 0.25) is 0 Å². The fraction of sp³-hybridized carbons (Fsp3) is 0. The molecular formula is C7H6ClFN2. The summed E-state index contributed by atoms with van der Waals surface area (Å²) in [5.74, 6) is -0.857. The number of rotatable bonds is 1. The predicted octanol–water partition coefficient (Wildman–Crippen LogP) is 1.76. The van der Waals surface area contributed by atoms with Crippen LogP contribution in [0.5, 0.6) is 0 Å². The highest BCUT2D eigenvalue weighted by Crippen LogP contribution is 2.13. The van der Waals surface area contributed by atoms with Crippen molar-refractivity contribution >= 4 is 17.4 Å². The number of amidine groups is 1. The van der Waals surface area contributed by atoms with Gasteiger partial charge in [-0.2, -0.15) is 0 Å². The normalized spacial score (nSPS) is 9.64. The smallest absolute Gasteiger partial charge is 0.135 e. The lowest BCUT2D eigenvalue weighted by atomic mass is 10.2. The van der Waals surface area contributed by atoms with Crippen molar-refractivity contribution in [3.05, 3.63) is 34.6 Å². The van der Waals surface area contributed by atoms with Gasteiger partial charge in [0.15, 0.2) is 0 Å². The highest BCUT2D eigenvalue weighted by Gasteiger charge is 2.03. The van der Waals surface area contributed by atoms with E-state index < -0.39 is 5.82 Å². The van der Waals surface area contributed by atoms with Crippen molar-refractivity contribution in [2.24, 2.45) is 5.73 Å². The second-order valence-corrected chi connectivity index (χ2v) is 2.47. The van der Waals surface area contributed by atoms with Crippen LogP contribution in [0.1, 0.15) is 5.56 Å². The molecule has 0 radical (unpaired) electrons. The van der Waals surface area contributed by atoms with Crippen molar-refractivity contribution in [2.75, 3.05) is 0 Å². The maximum Gasteiger partial charge on any atom is 0.135 e. The SMILES string of the molecule is N=C(N)c1ccc(Cl)cc1F. The van der Waals surface area contributed by atoms with Crippen LogP contribution in [0, 0.1) is 11.2 Å². The molecule has 11 heavy (non-hydrogen) atoms. The Hall–Kier alpha value is -1.09. The standard InChI is InChI=1S/C7H6ClFN2/c8-4-1-2-5(7(10)11)6(9)3-4/h1-3H,(H3,10,11). The summed E-state index contributed by atoms with van der Waals surface area (Å²) in [6, 6.07) is 3.99. The first kappa shape index (κ1) is 8.01. The molecule has 1 aromatic carbocycles. The van der Waals surface area contributed by atoms with E-state index in [2.05, 4.69) is 0 Å². The molecule has 0 fully saturated rings. The van der Waals surface area contributed by atoms with Crippen LogP contribution in [0.15, 0.2) is 18.2 Å². The quantitative estimate of drug-likeness (QED) is 0.492. The largest absolute Gasteiger partial charge is 0.384 e. The third-order valence-corrected chi connectivity index (χ3v) is 1.46. The summed E-state index contributed by atoms with van der Waals surface area (Å²) in [6.07, 6.45) is 0. The van der Waals surface area contributed by atoms with Gasteiger partial charge in [0.05, 0.1) is 5.56 Å². The van der Waals surface area contributed by atoms with Crippen LogP contribution in [0.2, 0.25) is 5.02 Å². The Labute approximate surface area is 68.3 Å². The van der Waals surface area contributed by atoms with E-state index in [1.54, 1.807) is 0 Å². The fourth-order valence-electron chi connectivity index (χ4n) is 0.708. The van der Waals surface area contributed by atoms with Gasteiger partial charge in [-0.25, -0.2) is 4.39 Å². The van der Waals surface area contributed by atoms with Gasteiger partial charge in [0.1, 0.15) is 11.7 Å². The topological polar surface area (TPSA) is 49.9 Å². The number of nitrogens with two attached hydrogens (primary N) is 1. The molecule has 0 heterocycles. The number of halogens is 2. The van der Waals surface area contributed by atoms with Gasteiger partial charge >= 0.3 is 0 Å². The van der Waals surface area contributed by atoms with Gasteiger partial charge in [-0.15, -0.1) is 0 Å². The Bertz CT molecular complexity index is 298. The molecule has 0 aromatic heterocycles. The molecule has 0 atom stereocenters. The first-order valence-electron chi connectivity index (χ1n) is 2.90. The van der Waals surface area contributed by atoms with E-state index in [1.165, 1.54) is 12.1 Å². The molecule has 1 rings (SSSR count). The minimum absolute atomic E-state index is 0.0781. The van der Waals surface area contributed by atoms with Crippen molar-refractivity contribution in [1.82, 2.24) is 0 Å². The van der Waals surface area contributed by atoms with E-state index >= 15 is 0 Å². The van der Waals surface area contributed by atoms with Crippen LogP contribution < -0.4 is 5.73 Å². The molecule has 0 amide bonds. The van der Waals surface area contributed by atoms with Gasteiger partial charge < -0.3 is 5.73 Å². The maximum atomic E-state index is 12.8.